The Morgan fingerprint density at radius 3 is 2.77 bits per heavy atom. The molecule has 3 nitrogen and oxygen atoms in total. The molecule has 5 heteroatoms. The SMILES string of the molecule is Brc1cnc(-n2cccn2)c(Br)c1. The molecule has 0 amide bonds. The van der Waals surface area contributed by atoms with Gasteiger partial charge in [0.1, 0.15) is 0 Å². The van der Waals surface area contributed by atoms with Crippen LogP contribution in [0.25, 0.3) is 5.82 Å². The van der Waals surface area contributed by atoms with E-state index in [1.807, 2.05) is 18.3 Å². The first-order valence-electron chi connectivity index (χ1n) is 3.58. The normalized spacial score (nSPS) is 10.3. The number of aromatic nitrogens is 3. The number of halogens is 2. The third-order valence-corrected chi connectivity index (χ3v) is 2.53. The molecule has 0 saturated carbocycles. The quantitative estimate of drug-likeness (QED) is 0.811. The average molecular weight is 303 g/mol. The Hall–Kier alpha value is -0.680. The van der Waals surface area contributed by atoms with Gasteiger partial charge in [-0.1, -0.05) is 0 Å². The number of rotatable bonds is 1. The maximum Gasteiger partial charge on any atom is 0.167 e. The highest BCUT2D eigenvalue weighted by atomic mass is 79.9. The topological polar surface area (TPSA) is 30.7 Å². The number of pyridine rings is 1. The third kappa shape index (κ3) is 1.81. The molecule has 0 saturated heterocycles. The van der Waals surface area contributed by atoms with E-state index in [1.54, 1.807) is 17.1 Å². The van der Waals surface area contributed by atoms with Crippen LogP contribution in [0.3, 0.4) is 0 Å². The monoisotopic (exact) mass is 301 g/mol. The summed E-state index contributed by atoms with van der Waals surface area (Å²) in [5.41, 5.74) is 0. The highest BCUT2D eigenvalue weighted by molar-refractivity contribution is 9.11. The summed E-state index contributed by atoms with van der Waals surface area (Å²) >= 11 is 6.75. The molecule has 0 aliphatic heterocycles. The summed E-state index contributed by atoms with van der Waals surface area (Å²) in [6, 6.07) is 3.79. The number of hydrogen-bond acceptors (Lipinski definition) is 2. The lowest BCUT2D eigenvalue weighted by Crippen LogP contribution is -1.98. The fourth-order valence-electron chi connectivity index (χ4n) is 0.970. The van der Waals surface area contributed by atoms with Crippen molar-refractivity contribution in [3.8, 4) is 5.82 Å². The molecule has 2 aromatic rings. The molecule has 0 N–H and O–H groups in total. The van der Waals surface area contributed by atoms with Crippen molar-refractivity contribution in [2.75, 3.05) is 0 Å². The second-order valence-electron chi connectivity index (χ2n) is 2.41. The van der Waals surface area contributed by atoms with Crippen LogP contribution in [0.15, 0.2) is 39.7 Å². The van der Waals surface area contributed by atoms with Crippen molar-refractivity contribution in [1.82, 2.24) is 14.8 Å². The van der Waals surface area contributed by atoms with Gasteiger partial charge in [0.25, 0.3) is 0 Å². The van der Waals surface area contributed by atoms with Gasteiger partial charge in [-0.2, -0.15) is 5.10 Å². The highest BCUT2D eigenvalue weighted by Crippen LogP contribution is 2.21. The van der Waals surface area contributed by atoms with Crippen LogP contribution < -0.4 is 0 Å². The Morgan fingerprint density at radius 1 is 1.31 bits per heavy atom. The molecule has 0 bridgehead atoms. The van der Waals surface area contributed by atoms with Crippen molar-refractivity contribution in [3.63, 3.8) is 0 Å². The van der Waals surface area contributed by atoms with E-state index < -0.39 is 0 Å². The van der Waals surface area contributed by atoms with E-state index in [1.165, 1.54) is 0 Å². The zero-order valence-corrected chi connectivity index (χ0v) is 9.66. The predicted molar refractivity (Wildman–Crippen MR) is 56.8 cm³/mol. The van der Waals surface area contributed by atoms with Crippen LogP contribution in [-0.2, 0) is 0 Å². The van der Waals surface area contributed by atoms with Crippen molar-refractivity contribution >= 4 is 31.9 Å². The average Bonchev–Trinajstić information content (AvgIpc) is 2.56. The van der Waals surface area contributed by atoms with Gasteiger partial charge in [-0.15, -0.1) is 0 Å². The molecule has 2 rings (SSSR count). The van der Waals surface area contributed by atoms with Gasteiger partial charge in [0.05, 0.1) is 4.47 Å². The second-order valence-corrected chi connectivity index (χ2v) is 4.18. The molecule has 0 aliphatic carbocycles. The fraction of sp³-hybridized carbons (Fsp3) is 0. The van der Waals surface area contributed by atoms with Gasteiger partial charge in [0.2, 0.25) is 0 Å². The van der Waals surface area contributed by atoms with Crippen molar-refractivity contribution in [3.05, 3.63) is 39.7 Å². The maximum atomic E-state index is 4.23. The van der Waals surface area contributed by atoms with Crippen molar-refractivity contribution in [1.29, 1.82) is 0 Å². The first kappa shape index (κ1) is 8.90. The van der Waals surface area contributed by atoms with E-state index in [-0.39, 0.29) is 0 Å². The zero-order valence-electron chi connectivity index (χ0n) is 6.48. The van der Waals surface area contributed by atoms with Crippen molar-refractivity contribution in [2.24, 2.45) is 0 Å². The molecular formula is C8H5Br2N3. The fourth-order valence-corrected chi connectivity index (χ4v) is 2.14. The predicted octanol–water partition coefficient (Wildman–Crippen LogP) is 2.79. The van der Waals surface area contributed by atoms with Crippen molar-refractivity contribution < 1.29 is 0 Å². The van der Waals surface area contributed by atoms with Gasteiger partial charge >= 0.3 is 0 Å². The van der Waals surface area contributed by atoms with Gasteiger partial charge in [-0.3, -0.25) is 0 Å². The van der Waals surface area contributed by atoms with Crippen LogP contribution in [0.5, 0.6) is 0 Å². The summed E-state index contributed by atoms with van der Waals surface area (Å²) in [7, 11) is 0. The summed E-state index contributed by atoms with van der Waals surface area (Å²) in [6.07, 6.45) is 5.30. The molecule has 0 aromatic carbocycles. The smallest absolute Gasteiger partial charge is 0.167 e. The zero-order chi connectivity index (χ0) is 9.26. The Balaban J connectivity index is 2.53. The second kappa shape index (κ2) is 3.59. The summed E-state index contributed by atoms with van der Waals surface area (Å²) in [4.78, 5) is 4.23. The lowest BCUT2D eigenvalue weighted by molar-refractivity contribution is 0.841. The molecule has 0 fully saturated rings. The Bertz CT molecular complexity index is 411. The minimum Gasteiger partial charge on any atom is -0.235 e. The number of hydrogen-bond donors (Lipinski definition) is 0. The van der Waals surface area contributed by atoms with E-state index >= 15 is 0 Å². The molecule has 0 spiro atoms. The van der Waals surface area contributed by atoms with Crippen LogP contribution in [0.4, 0.5) is 0 Å². The van der Waals surface area contributed by atoms with Crippen LogP contribution in [0.2, 0.25) is 0 Å². The van der Waals surface area contributed by atoms with E-state index in [2.05, 4.69) is 41.9 Å². The van der Waals surface area contributed by atoms with E-state index in [0.717, 1.165) is 14.8 Å². The summed E-state index contributed by atoms with van der Waals surface area (Å²) in [5, 5.41) is 4.09. The minimum absolute atomic E-state index is 0.785. The summed E-state index contributed by atoms with van der Waals surface area (Å²) in [5.74, 6) is 0.785. The highest BCUT2D eigenvalue weighted by Gasteiger charge is 2.03. The molecule has 0 unspecified atom stereocenters. The van der Waals surface area contributed by atoms with E-state index in [4.69, 9.17) is 0 Å². The summed E-state index contributed by atoms with van der Waals surface area (Å²) in [6.45, 7) is 0. The molecule has 0 aliphatic rings. The van der Waals surface area contributed by atoms with Crippen molar-refractivity contribution in [2.45, 2.75) is 0 Å². The Morgan fingerprint density at radius 2 is 2.15 bits per heavy atom. The molecule has 0 atom stereocenters. The molecule has 2 aromatic heterocycles. The molecule has 0 radical (unpaired) electrons. The lowest BCUT2D eigenvalue weighted by atomic mass is 10.5. The third-order valence-electron chi connectivity index (χ3n) is 1.51. The van der Waals surface area contributed by atoms with Gasteiger partial charge in [0.15, 0.2) is 5.82 Å². The Labute approximate surface area is 92.1 Å². The van der Waals surface area contributed by atoms with Crippen LogP contribution in [0.1, 0.15) is 0 Å². The lowest BCUT2D eigenvalue weighted by Gasteiger charge is -2.02. The Kier molecular flexibility index (Phi) is 2.46. The molecular weight excluding hydrogens is 298 g/mol. The van der Waals surface area contributed by atoms with Gasteiger partial charge in [-0.05, 0) is 44.0 Å². The molecule has 2 heterocycles. The maximum absolute atomic E-state index is 4.23. The summed E-state index contributed by atoms with van der Waals surface area (Å²) < 4.78 is 3.55. The van der Waals surface area contributed by atoms with Crippen LogP contribution in [0, 0.1) is 0 Å². The van der Waals surface area contributed by atoms with E-state index in [0.29, 0.717) is 0 Å². The molecule has 66 valence electrons. The van der Waals surface area contributed by atoms with Gasteiger partial charge in [0, 0.05) is 23.1 Å². The van der Waals surface area contributed by atoms with Gasteiger partial charge < -0.3 is 0 Å². The first-order valence-corrected chi connectivity index (χ1v) is 5.17. The first-order chi connectivity index (χ1) is 6.27. The largest absolute Gasteiger partial charge is 0.235 e. The standard InChI is InChI=1S/C8H5Br2N3/c9-6-4-7(10)8(11-5-6)13-3-1-2-12-13/h1-5H. The van der Waals surface area contributed by atoms with Crippen LogP contribution in [-0.4, -0.2) is 14.8 Å². The van der Waals surface area contributed by atoms with Crippen LogP contribution >= 0.6 is 31.9 Å². The minimum atomic E-state index is 0.785. The van der Waals surface area contributed by atoms with Gasteiger partial charge in [-0.25, -0.2) is 9.67 Å². The molecule has 13 heavy (non-hydrogen) atoms. The number of nitrogens with zero attached hydrogens (tertiary/aromatic N) is 3. The van der Waals surface area contributed by atoms with E-state index in [9.17, 15) is 0 Å².